The maximum absolute atomic E-state index is 5.41. The monoisotopic (exact) mass is 228 g/mol. The molecule has 0 heterocycles. The van der Waals surface area contributed by atoms with Crippen molar-refractivity contribution in [2.45, 2.75) is 53.4 Å². The summed E-state index contributed by atoms with van der Waals surface area (Å²) in [5.41, 5.74) is 10.8. The van der Waals surface area contributed by atoms with Gasteiger partial charge < -0.3 is 11.5 Å². The number of hydrogen-bond donors (Lipinski definition) is 2. The summed E-state index contributed by atoms with van der Waals surface area (Å²) in [6.45, 7) is 9.95. The summed E-state index contributed by atoms with van der Waals surface area (Å²) in [6.07, 6.45) is 3.92. The van der Waals surface area contributed by atoms with E-state index in [1.807, 2.05) is 13.8 Å². The highest BCUT2D eigenvalue weighted by Crippen LogP contribution is 1.81. The van der Waals surface area contributed by atoms with E-state index in [-0.39, 0.29) is 0 Å². The fourth-order valence-corrected chi connectivity index (χ4v) is 0.734. The van der Waals surface area contributed by atoms with Crippen molar-refractivity contribution in [2.24, 2.45) is 21.5 Å². The number of hydrogen-bond acceptors (Lipinski definition) is 2. The van der Waals surface area contributed by atoms with Crippen LogP contribution < -0.4 is 11.5 Å². The molecule has 0 aromatic heterocycles. The molecule has 16 heavy (non-hydrogen) atoms. The highest BCUT2D eigenvalue weighted by Gasteiger charge is 1.82. The van der Waals surface area contributed by atoms with Crippen molar-refractivity contribution in [1.82, 2.24) is 0 Å². The maximum atomic E-state index is 5.41. The summed E-state index contributed by atoms with van der Waals surface area (Å²) < 4.78 is 0. The van der Waals surface area contributed by atoms with Crippen molar-refractivity contribution in [1.29, 1.82) is 0 Å². The third-order valence-corrected chi connectivity index (χ3v) is 1.80. The zero-order valence-corrected chi connectivity index (χ0v) is 11.3. The van der Waals surface area contributed by atoms with Gasteiger partial charge in [0.25, 0.3) is 0 Å². The second-order valence-electron chi connectivity index (χ2n) is 3.45. The molecule has 0 aliphatic heterocycles. The van der Waals surface area contributed by atoms with Gasteiger partial charge >= 0.3 is 0 Å². The third kappa shape index (κ3) is 15.4. The minimum absolute atomic E-state index is 0.770. The Morgan fingerprint density at radius 1 is 0.750 bits per heavy atom. The van der Waals surface area contributed by atoms with Crippen molar-refractivity contribution in [3.63, 3.8) is 0 Å². The molecule has 0 aliphatic rings. The van der Waals surface area contributed by atoms with Crippen LogP contribution in [0, 0.1) is 0 Å². The molecular formula is C12H28N4. The number of nitrogens with zero attached hydrogens (tertiary/aromatic N) is 2. The second kappa shape index (κ2) is 13.9. The Bertz CT molecular complexity index is 175. The molecule has 4 N–H and O–H groups in total. The second-order valence-corrected chi connectivity index (χ2v) is 3.45. The van der Waals surface area contributed by atoms with Crippen LogP contribution in [0.5, 0.6) is 0 Å². The Hall–Kier alpha value is -1.06. The zero-order valence-electron chi connectivity index (χ0n) is 11.3. The van der Waals surface area contributed by atoms with Crippen LogP contribution >= 0.6 is 0 Å². The predicted octanol–water partition coefficient (Wildman–Crippen LogP) is 2.33. The average Bonchev–Trinajstić information content (AvgIpc) is 2.33. The van der Waals surface area contributed by atoms with Crippen LogP contribution in [0.3, 0.4) is 0 Å². The lowest BCUT2D eigenvalue weighted by Crippen LogP contribution is -2.09. The zero-order chi connectivity index (χ0) is 12.8. The van der Waals surface area contributed by atoms with Gasteiger partial charge in [0, 0.05) is 25.9 Å². The molecule has 0 saturated heterocycles. The lowest BCUT2D eigenvalue weighted by atomic mass is 10.4. The van der Waals surface area contributed by atoms with E-state index in [2.05, 4.69) is 23.8 Å². The molecule has 0 unspecified atom stereocenters. The molecule has 4 nitrogen and oxygen atoms in total. The summed E-state index contributed by atoms with van der Waals surface area (Å²) in [5, 5.41) is 0. The maximum Gasteiger partial charge on any atom is 0.0934 e. The smallest absolute Gasteiger partial charge is 0.0934 e. The van der Waals surface area contributed by atoms with E-state index in [1.54, 1.807) is 0 Å². The molecule has 96 valence electrons. The lowest BCUT2D eigenvalue weighted by molar-refractivity contribution is 0.923. The van der Waals surface area contributed by atoms with Crippen LogP contribution in [0.15, 0.2) is 9.98 Å². The molecule has 0 bridgehead atoms. The van der Waals surface area contributed by atoms with Gasteiger partial charge in [0.05, 0.1) is 11.7 Å². The first-order valence-electron chi connectivity index (χ1n) is 6.19. The van der Waals surface area contributed by atoms with Crippen molar-refractivity contribution in [3.8, 4) is 0 Å². The van der Waals surface area contributed by atoms with E-state index >= 15 is 0 Å². The largest absolute Gasteiger partial charge is 0.387 e. The fourth-order valence-electron chi connectivity index (χ4n) is 0.734. The van der Waals surface area contributed by atoms with Gasteiger partial charge in [0.1, 0.15) is 0 Å². The van der Waals surface area contributed by atoms with Crippen molar-refractivity contribution in [2.75, 3.05) is 13.1 Å². The van der Waals surface area contributed by atoms with Crippen LogP contribution in [0.4, 0.5) is 0 Å². The first-order chi connectivity index (χ1) is 7.62. The van der Waals surface area contributed by atoms with Crippen molar-refractivity contribution < 1.29 is 0 Å². The van der Waals surface area contributed by atoms with Gasteiger partial charge in [-0.2, -0.15) is 0 Å². The van der Waals surface area contributed by atoms with Crippen LogP contribution in [0.25, 0.3) is 0 Å². The first kappa shape index (κ1) is 17.3. The number of nitrogens with two attached hydrogens (primary N) is 2. The normalized spacial score (nSPS) is 12.0. The quantitative estimate of drug-likeness (QED) is 0.540. The lowest BCUT2D eigenvalue weighted by Gasteiger charge is -1.91. The molecule has 0 fully saturated rings. The SMILES string of the molecule is CCCN=C(N)CC.CCCN=C(N)CC. The molecule has 0 spiro atoms. The summed E-state index contributed by atoms with van der Waals surface area (Å²) in [4.78, 5) is 8.11. The van der Waals surface area contributed by atoms with Crippen LogP contribution in [0.2, 0.25) is 0 Å². The van der Waals surface area contributed by atoms with Gasteiger partial charge in [-0.25, -0.2) is 0 Å². The van der Waals surface area contributed by atoms with E-state index in [0.29, 0.717) is 0 Å². The number of amidine groups is 2. The summed E-state index contributed by atoms with van der Waals surface area (Å²) in [7, 11) is 0. The van der Waals surface area contributed by atoms with E-state index in [9.17, 15) is 0 Å². The molecule has 0 saturated carbocycles. The summed E-state index contributed by atoms with van der Waals surface area (Å²) in [5.74, 6) is 1.54. The van der Waals surface area contributed by atoms with E-state index in [4.69, 9.17) is 11.5 Å². The topological polar surface area (TPSA) is 76.8 Å². The molecule has 0 radical (unpaired) electrons. The van der Waals surface area contributed by atoms with Gasteiger partial charge in [-0.1, -0.05) is 27.7 Å². The van der Waals surface area contributed by atoms with Crippen LogP contribution in [0.1, 0.15) is 53.4 Å². The minimum atomic E-state index is 0.770. The first-order valence-corrected chi connectivity index (χ1v) is 6.19. The van der Waals surface area contributed by atoms with Crippen molar-refractivity contribution >= 4 is 11.7 Å². The Morgan fingerprint density at radius 3 is 1.25 bits per heavy atom. The molecule has 0 atom stereocenters. The molecule has 0 aromatic carbocycles. The minimum Gasteiger partial charge on any atom is -0.387 e. The van der Waals surface area contributed by atoms with Gasteiger partial charge in [-0.3, -0.25) is 9.98 Å². The van der Waals surface area contributed by atoms with E-state index in [1.165, 1.54) is 0 Å². The average molecular weight is 228 g/mol. The Kier molecular flexibility index (Phi) is 15.1. The van der Waals surface area contributed by atoms with E-state index < -0.39 is 0 Å². The molecular weight excluding hydrogens is 200 g/mol. The molecule has 0 aromatic rings. The van der Waals surface area contributed by atoms with Gasteiger partial charge in [-0.15, -0.1) is 0 Å². The standard InChI is InChI=1S/2C6H14N2/c2*1-3-5-8-6(7)4-2/h2*3-5H2,1-2H3,(H2,7,8). The van der Waals surface area contributed by atoms with Gasteiger partial charge in [0.15, 0.2) is 0 Å². The Morgan fingerprint density at radius 2 is 1.06 bits per heavy atom. The van der Waals surface area contributed by atoms with Gasteiger partial charge in [0.2, 0.25) is 0 Å². The van der Waals surface area contributed by atoms with Gasteiger partial charge in [-0.05, 0) is 12.8 Å². The third-order valence-electron chi connectivity index (χ3n) is 1.80. The van der Waals surface area contributed by atoms with Crippen LogP contribution in [-0.2, 0) is 0 Å². The number of rotatable bonds is 6. The molecule has 0 aliphatic carbocycles. The van der Waals surface area contributed by atoms with E-state index in [0.717, 1.165) is 50.4 Å². The van der Waals surface area contributed by atoms with Crippen LogP contribution in [-0.4, -0.2) is 24.8 Å². The summed E-state index contributed by atoms with van der Waals surface area (Å²) in [6, 6.07) is 0. The molecule has 0 amide bonds. The summed E-state index contributed by atoms with van der Waals surface area (Å²) >= 11 is 0. The number of aliphatic imine (C=N–C) groups is 2. The molecule has 0 rings (SSSR count). The highest BCUT2D eigenvalue weighted by molar-refractivity contribution is 5.80. The highest BCUT2D eigenvalue weighted by atomic mass is 14.8. The molecule has 4 heteroatoms. The van der Waals surface area contributed by atoms with Crippen molar-refractivity contribution in [3.05, 3.63) is 0 Å². The predicted molar refractivity (Wildman–Crippen MR) is 74.1 cm³/mol. The Balaban J connectivity index is 0. The Labute approximate surface area is 100 Å². The fraction of sp³-hybridized carbons (Fsp3) is 0.833.